The zero-order valence-electron chi connectivity index (χ0n) is 21.4. The maximum Gasteiger partial charge on any atom is 0.327 e. The molecule has 0 radical (unpaired) electrons. The Morgan fingerprint density at radius 1 is 1.35 bits per heavy atom. The molecule has 2 aliphatic rings. The Balaban J connectivity index is 2.13. The maximum absolute atomic E-state index is 13.6. The Morgan fingerprint density at radius 2 is 2.03 bits per heavy atom. The number of nitrogens with one attached hydrogen (secondary N) is 1. The molecule has 1 saturated heterocycles. The fraction of sp³-hybridized carbons (Fsp3) is 0.727. The van der Waals surface area contributed by atoms with Gasteiger partial charge >= 0.3 is 18.7 Å². The van der Waals surface area contributed by atoms with Crippen LogP contribution in [0.3, 0.4) is 0 Å². The third kappa shape index (κ3) is 8.60. The van der Waals surface area contributed by atoms with E-state index in [1.165, 1.54) is 20.0 Å². The SMILES string of the molecule is CCOC(=O)CCSP(=O)(NC(C)C(=O)OC(C)C)OC[C@H]1O[C@@H](N2C=CC(=O)CC2=O)[C@](C)(O)[C@@H]1O. The van der Waals surface area contributed by atoms with Gasteiger partial charge in [-0.05, 0) is 40.7 Å². The molecule has 1 amide bonds. The fourth-order valence-electron chi connectivity index (χ4n) is 3.52. The van der Waals surface area contributed by atoms with Crippen molar-refractivity contribution in [1.29, 1.82) is 0 Å². The molecule has 6 atom stereocenters. The summed E-state index contributed by atoms with van der Waals surface area (Å²) in [7, 11) is 0. The molecule has 0 aromatic rings. The third-order valence-corrected chi connectivity index (χ3v) is 9.50. The van der Waals surface area contributed by atoms with Gasteiger partial charge in [0, 0.05) is 12.0 Å². The number of hydrogen-bond acceptors (Lipinski definition) is 12. The quantitative estimate of drug-likeness (QED) is 0.163. The number of aliphatic hydroxyl groups excluding tert-OH is 1. The van der Waals surface area contributed by atoms with Crippen molar-refractivity contribution < 1.29 is 52.7 Å². The number of carbonyl (C=O) groups is 4. The van der Waals surface area contributed by atoms with Crippen molar-refractivity contribution in [2.24, 2.45) is 0 Å². The predicted molar refractivity (Wildman–Crippen MR) is 132 cm³/mol. The lowest BCUT2D eigenvalue weighted by Crippen LogP contribution is -2.54. The normalized spacial score (nSPS) is 28.3. The van der Waals surface area contributed by atoms with Crippen LogP contribution >= 0.6 is 18.1 Å². The Kier molecular flexibility index (Phi) is 11.3. The van der Waals surface area contributed by atoms with Gasteiger partial charge in [-0.25, -0.2) is 5.09 Å². The highest BCUT2D eigenvalue weighted by atomic mass is 32.7. The number of aliphatic hydroxyl groups is 2. The van der Waals surface area contributed by atoms with Crippen LogP contribution in [0.25, 0.3) is 0 Å². The Bertz CT molecular complexity index is 942. The summed E-state index contributed by atoms with van der Waals surface area (Å²) in [6.45, 7) is 3.47. The molecule has 0 aromatic heterocycles. The van der Waals surface area contributed by atoms with E-state index in [4.69, 9.17) is 18.7 Å². The largest absolute Gasteiger partial charge is 0.466 e. The summed E-state index contributed by atoms with van der Waals surface area (Å²) in [6.07, 6.45) is -2.68. The minimum Gasteiger partial charge on any atom is -0.466 e. The van der Waals surface area contributed by atoms with Gasteiger partial charge in [0.1, 0.15) is 23.9 Å². The first-order valence-electron chi connectivity index (χ1n) is 11.8. The first-order valence-corrected chi connectivity index (χ1v) is 15.0. The molecule has 0 aliphatic carbocycles. The second-order valence-corrected chi connectivity index (χ2v) is 13.4. The van der Waals surface area contributed by atoms with Gasteiger partial charge in [-0.1, -0.05) is 11.4 Å². The highest BCUT2D eigenvalue weighted by Gasteiger charge is 2.56. The van der Waals surface area contributed by atoms with Gasteiger partial charge in [0.2, 0.25) is 5.91 Å². The molecule has 0 bridgehead atoms. The molecular formula is C22H35N2O11PS. The molecule has 0 spiro atoms. The number of hydrogen-bond donors (Lipinski definition) is 3. The lowest BCUT2D eigenvalue weighted by Gasteiger charge is -2.34. The summed E-state index contributed by atoms with van der Waals surface area (Å²) >= 11 is 0.757. The van der Waals surface area contributed by atoms with Gasteiger partial charge in [0.05, 0.1) is 32.2 Å². The molecule has 2 unspecified atom stereocenters. The average molecular weight is 567 g/mol. The molecule has 37 heavy (non-hydrogen) atoms. The van der Waals surface area contributed by atoms with Crippen LogP contribution in [0.15, 0.2) is 12.3 Å². The van der Waals surface area contributed by atoms with Crippen LogP contribution in [0.5, 0.6) is 0 Å². The van der Waals surface area contributed by atoms with Gasteiger partial charge in [0.25, 0.3) is 0 Å². The van der Waals surface area contributed by atoms with Crippen LogP contribution in [-0.4, -0.2) is 93.9 Å². The summed E-state index contributed by atoms with van der Waals surface area (Å²) in [5.74, 6) is -2.16. The zero-order chi connectivity index (χ0) is 28.0. The number of esters is 2. The lowest BCUT2D eigenvalue weighted by atomic mass is 9.95. The molecule has 3 N–H and O–H groups in total. The standard InChI is InChI=1S/C22H35N2O11PS/c1-6-32-18(27)8-10-37-36(31,23-14(4)20(29)34-13(2)3)33-12-16-19(28)22(5,30)21(35-16)24-9-7-15(25)11-17(24)26/h7,9,13-14,16,19,21,28,30H,6,8,10-12H2,1-5H3,(H,23,31)/t14?,16-,19-,21-,22-,36?/m1/s1. The Morgan fingerprint density at radius 3 is 2.62 bits per heavy atom. The Labute approximate surface area is 219 Å². The van der Waals surface area contributed by atoms with Crippen molar-refractivity contribution >= 4 is 41.7 Å². The third-order valence-electron chi connectivity index (χ3n) is 5.38. The number of amides is 1. The van der Waals surface area contributed by atoms with E-state index < -0.39 is 79.6 Å². The van der Waals surface area contributed by atoms with E-state index in [0.29, 0.717) is 0 Å². The van der Waals surface area contributed by atoms with Crippen LogP contribution in [0.2, 0.25) is 0 Å². The summed E-state index contributed by atoms with van der Waals surface area (Å²) < 4.78 is 34.9. The topological polar surface area (TPSA) is 178 Å². The van der Waals surface area contributed by atoms with E-state index in [2.05, 4.69) is 5.09 Å². The summed E-state index contributed by atoms with van der Waals surface area (Å²) in [5.41, 5.74) is -1.95. The number of ketones is 1. The van der Waals surface area contributed by atoms with E-state index in [9.17, 15) is 34.0 Å². The number of carbonyl (C=O) groups excluding carboxylic acids is 4. The lowest BCUT2D eigenvalue weighted by molar-refractivity contribution is -0.158. The average Bonchev–Trinajstić information content (AvgIpc) is 3.01. The molecule has 2 heterocycles. The number of nitrogens with zero attached hydrogens (tertiary/aromatic N) is 1. The highest BCUT2D eigenvalue weighted by molar-refractivity contribution is 8.56. The molecule has 2 rings (SSSR count). The van der Waals surface area contributed by atoms with Crippen molar-refractivity contribution in [2.75, 3.05) is 19.0 Å². The van der Waals surface area contributed by atoms with Gasteiger partial charge < -0.3 is 28.9 Å². The second-order valence-electron chi connectivity index (χ2n) is 8.98. The molecule has 1 fully saturated rings. The van der Waals surface area contributed by atoms with Gasteiger partial charge in [0.15, 0.2) is 12.0 Å². The van der Waals surface area contributed by atoms with E-state index in [-0.39, 0.29) is 18.8 Å². The smallest absolute Gasteiger partial charge is 0.327 e. The minimum atomic E-state index is -3.89. The molecule has 15 heteroatoms. The molecule has 2 aliphatic heterocycles. The number of rotatable bonds is 13. The summed E-state index contributed by atoms with van der Waals surface area (Å²) in [5, 5.41) is 24.2. The van der Waals surface area contributed by atoms with Gasteiger partial charge in [-0.2, -0.15) is 0 Å². The van der Waals surface area contributed by atoms with E-state index in [1.54, 1.807) is 20.8 Å². The first kappa shape index (κ1) is 31.4. The molecule has 13 nitrogen and oxygen atoms in total. The molecule has 0 saturated carbocycles. The van der Waals surface area contributed by atoms with Crippen LogP contribution in [0, 0.1) is 0 Å². The van der Waals surface area contributed by atoms with Crippen molar-refractivity contribution in [3.63, 3.8) is 0 Å². The van der Waals surface area contributed by atoms with Crippen molar-refractivity contribution in [1.82, 2.24) is 9.99 Å². The minimum absolute atomic E-state index is 0.0323. The number of allylic oxidation sites excluding steroid dienone is 1. The van der Waals surface area contributed by atoms with Crippen molar-refractivity contribution in [3.05, 3.63) is 12.3 Å². The molecular weight excluding hydrogens is 531 g/mol. The Hall–Kier alpha value is -1.80. The summed E-state index contributed by atoms with van der Waals surface area (Å²) in [6, 6.07) is -1.04. The first-order chi connectivity index (χ1) is 17.2. The monoisotopic (exact) mass is 566 g/mol. The van der Waals surface area contributed by atoms with Crippen LogP contribution in [0.1, 0.15) is 47.5 Å². The zero-order valence-corrected chi connectivity index (χ0v) is 23.2. The van der Waals surface area contributed by atoms with Crippen molar-refractivity contribution in [2.45, 2.75) is 83.6 Å². The predicted octanol–water partition coefficient (Wildman–Crippen LogP) is 0.879. The fourth-order valence-corrected chi connectivity index (χ4v) is 7.27. The van der Waals surface area contributed by atoms with E-state index in [1.807, 2.05) is 0 Å². The van der Waals surface area contributed by atoms with Crippen LogP contribution < -0.4 is 5.09 Å². The molecule has 210 valence electrons. The van der Waals surface area contributed by atoms with Crippen LogP contribution in [0.4, 0.5) is 0 Å². The second kappa shape index (κ2) is 13.3. The van der Waals surface area contributed by atoms with E-state index in [0.717, 1.165) is 22.4 Å². The van der Waals surface area contributed by atoms with Crippen LogP contribution in [-0.2, 0) is 42.5 Å². The van der Waals surface area contributed by atoms with Crippen molar-refractivity contribution in [3.8, 4) is 0 Å². The highest BCUT2D eigenvalue weighted by Crippen LogP contribution is 2.57. The van der Waals surface area contributed by atoms with Gasteiger partial charge in [-0.15, -0.1) is 0 Å². The van der Waals surface area contributed by atoms with E-state index >= 15 is 0 Å². The van der Waals surface area contributed by atoms with Gasteiger partial charge in [-0.3, -0.25) is 28.6 Å². The number of ether oxygens (including phenoxy) is 3. The molecule has 0 aromatic carbocycles. The summed E-state index contributed by atoms with van der Waals surface area (Å²) in [4.78, 5) is 48.8. The maximum atomic E-state index is 13.6.